The molecule has 1 aliphatic rings. The van der Waals surface area contributed by atoms with Crippen molar-refractivity contribution in [3.8, 4) is 0 Å². The van der Waals surface area contributed by atoms with Crippen LogP contribution in [0.3, 0.4) is 0 Å². The highest BCUT2D eigenvalue weighted by molar-refractivity contribution is 7.89. The van der Waals surface area contributed by atoms with E-state index in [4.69, 9.17) is 0 Å². The third kappa shape index (κ3) is 2.44. The minimum Gasteiger partial charge on any atom is -0.274 e. The van der Waals surface area contributed by atoms with Crippen molar-refractivity contribution >= 4 is 10.0 Å². The third-order valence-corrected chi connectivity index (χ3v) is 5.69. The van der Waals surface area contributed by atoms with Crippen molar-refractivity contribution in [3.63, 3.8) is 0 Å². The summed E-state index contributed by atoms with van der Waals surface area (Å²) in [4.78, 5) is 8.56. The number of rotatable bonds is 3. The van der Waals surface area contributed by atoms with Gasteiger partial charge in [0.15, 0.2) is 0 Å². The summed E-state index contributed by atoms with van der Waals surface area (Å²) in [6.45, 7) is 2.21. The average molecular weight is 307 g/mol. The van der Waals surface area contributed by atoms with Crippen molar-refractivity contribution in [2.24, 2.45) is 7.05 Å². The van der Waals surface area contributed by atoms with Crippen LogP contribution < -0.4 is 0 Å². The Morgan fingerprint density at radius 2 is 2.14 bits per heavy atom. The zero-order valence-corrected chi connectivity index (χ0v) is 12.8. The standard InChI is InChI=1S/C13H17N5O2S/c1-10-13(9-17(2)16-10)21(19,20)18-7-3-4-12(18)11-8-14-5-6-15-11/h5-6,8-9,12H,3-4,7H2,1-2H3. The number of sulfonamides is 1. The van der Waals surface area contributed by atoms with E-state index in [0.717, 1.165) is 12.8 Å². The molecule has 1 unspecified atom stereocenters. The average Bonchev–Trinajstić information content (AvgIpc) is 3.07. The molecular weight excluding hydrogens is 290 g/mol. The van der Waals surface area contributed by atoms with Crippen LogP contribution in [0.4, 0.5) is 0 Å². The summed E-state index contributed by atoms with van der Waals surface area (Å²) in [5.74, 6) is 0. The van der Waals surface area contributed by atoms with Gasteiger partial charge < -0.3 is 0 Å². The van der Waals surface area contributed by atoms with Gasteiger partial charge in [0, 0.05) is 32.2 Å². The second-order valence-corrected chi connectivity index (χ2v) is 7.02. The number of hydrogen-bond acceptors (Lipinski definition) is 5. The maximum Gasteiger partial charge on any atom is 0.247 e. The molecule has 3 rings (SSSR count). The lowest BCUT2D eigenvalue weighted by atomic mass is 10.2. The zero-order chi connectivity index (χ0) is 15.0. The molecule has 0 bridgehead atoms. The van der Waals surface area contributed by atoms with Gasteiger partial charge in [-0.15, -0.1) is 0 Å². The van der Waals surface area contributed by atoms with Gasteiger partial charge >= 0.3 is 0 Å². The Labute approximate surface area is 123 Å². The number of nitrogens with zero attached hydrogens (tertiary/aromatic N) is 5. The summed E-state index contributed by atoms with van der Waals surface area (Å²) in [7, 11) is -1.85. The SMILES string of the molecule is Cc1nn(C)cc1S(=O)(=O)N1CCCC1c1cnccn1. The van der Waals surface area contributed by atoms with Crippen molar-refractivity contribution in [1.82, 2.24) is 24.1 Å². The Hall–Kier alpha value is -1.80. The van der Waals surface area contributed by atoms with Crippen LogP contribution in [-0.2, 0) is 17.1 Å². The molecule has 0 aromatic carbocycles. The molecule has 8 heteroatoms. The van der Waals surface area contributed by atoms with Gasteiger partial charge in [-0.25, -0.2) is 8.42 Å². The molecule has 2 aromatic heterocycles. The van der Waals surface area contributed by atoms with Crippen LogP contribution in [0, 0.1) is 6.92 Å². The van der Waals surface area contributed by atoms with Crippen molar-refractivity contribution in [2.45, 2.75) is 30.7 Å². The lowest BCUT2D eigenvalue weighted by molar-refractivity contribution is 0.389. The molecule has 0 amide bonds. The topological polar surface area (TPSA) is 81.0 Å². The van der Waals surface area contributed by atoms with E-state index >= 15 is 0 Å². The van der Waals surface area contributed by atoms with Gasteiger partial charge in [0.1, 0.15) is 4.90 Å². The predicted molar refractivity (Wildman–Crippen MR) is 75.8 cm³/mol. The van der Waals surface area contributed by atoms with E-state index in [1.165, 1.54) is 8.99 Å². The zero-order valence-electron chi connectivity index (χ0n) is 12.0. The van der Waals surface area contributed by atoms with Crippen molar-refractivity contribution in [3.05, 3.63) is 36.2 Å². The molecule has 0 N–H and O–H groups in total. The van der Waals surface area contributed by atoms with Gasteiger partial charge in [0.25, 0.3) is 0 Å². The van der Waals surface area contributed by atoms with Crippen molar-refractivity contribution < 1.29 is 8.42 Å². The Kier molecular flexibility index (Phi) is 3.50. The molecule has 2 aromatic rings. The van der Waals surface area contributed by atoms with Crippen molar-refractivity contribution in [1.29, 1.82) is 0 Å². The van der Waals surface area contributed by atoms with E-state index in [1.54, 1.807) is 38.8 Å². The molecule has 0 spiro atoms. The van der Waals surface area contributed by atoms with Gasteiger partial charge in [-0.2, -0.15) is 9.40 Å². The third-order valence-electron chi connectivity index (χ3n) is 3.68. The van der Waals surface area contributed by atoms with Gasteiger partial charge in [-0.3, -0.25) is 14.6 Å². The van der Waals surface area contributed by atoms with Crippen LogP contribution in [0.1, 0.15) is 30.3 Å². The summed E-state index contributed by atoms with van der Waals surface area (Å²) in [5.41, 5.74) is 1.21. The molecule has 21 heavy (non-hydrogen) atoms. The van der Waals surface area contributed by atoms with E-state index in [-0.39, 0.29) is 10.9 Å². The molecule has 0 radical (unpaired) electrons. The molecule has 0 aliphatic carbocycles. The number of aryl methyl sites for hydroxylation is 2. The second kappa shape index (κ2) is 5.19. The first-order valence-electron chi connectivity index (χ1n) is 6.78. The molecule has 112 valence electrons. The summed E-state index contributed by atoms with van der Waals surface area (Å²) in [6.07, 6.45) is 7.94. The smallest absolute Gasteiger partial charge is 0.247 e. The normalized spacial score (nSPS) is 20.0. The largest absolute Gasteiger partial charge is 0.274 e. The quantitative estimate of drug-likeness (QED) is 0.846. The molecule has 3 heterocycles. The molecule has 1 saturated heterocycles. The summed E-state index contributed by atoms with van der Waals surface area (Å²) < 4.78 is 28.8. The molecule has 1 aliphatic heterocycles. The van der Waals surface area contributed by atoms with Crippen LogP contribution in [0.2, 0.25) is 0 Å². The van der Waals surface area contributed by atoms with Crippen LogP contribution in [0.15, 0.2) is 29.7 Å². The van der Waals surface area contributed by atoms with Crippen LogP contribution in [0.25, 0.3) is 0 Å². The lowest BCUT2D eigenvalue weighted by Gasteiger charge is -2.23. The van der Waals surface area contributed by atoms with Gasteiger partial charge in [-0.1, -0.05) is 0 Å². The minimum atomic E-state index is -3.56. The molecule has 0 saturated carbocycles. The van der Waals surface area contributed by atoms with Crippen LogP contribution in [-0.4, -0.2) is 39.0 Å². The highest BCUT2D eigenvalue weighted by Crippen LogP contribution is 2.35. The lowest BCUT2D eigenvalue weighted by Crippen LogP contribution is -2.31. The summed E-state index contributed by atoms with van der Waals surface area (Å²) in [5, 5.41) is 4.13. The van der Waals surface area contributed by atoms with E-state index in [2.05, 4.69) is 15.1 Å². The molecule has 7 nitrogen and oxygen atoms in total. The Bertz CT molecular complexity index is 741. The van der Waals surface area contributed by atoms with E-state index in [1.807, 2.05) is 0 Å². The Morgan fingerprint density at radius 1 is 1.33 bits per heavy atom. The first kappa shape index (κ1) is 14.2. The fraction of sp³-hybridized carbons (Fsp3) is 0.462. The predicted octanol–water partition coefficient (Wildman–Crippen LogP) is 1.04. The Morgan fingerprint density at radius 3 is 2.76 bits per heavy atom. The first-order chi connectivity index (χ1) is 10.00. The molecule has 1 atom stereocenters. The van der Waals surface area contributed by atoms with Gasteiger partial charge in [-0.05, 0) is 19.8 Å². The second-order valence-electron chi connectivity index (χ2n) is 5.16. The number of hydrogen-bond donors (Lipinski definition) is 0. The maximum absolute atomic E-state index is 12.9. The highest BCUT2D eigenvalue weighted by Gasteiger charge is 2.38. The fourth-order valence-electron chi connectivity index (χ4n) is 2.76. The van der Waals surface area contributed by atoms with E-state index in [0.29, 0.717) is 17.9 Å². The molecule has 1 fully saturated rings. The van der Waals surface area contributed by atoms with Crippen LogP contribution in [0.5, 0.6) is 0 Å². The highest BCUT2D eigenvalue weighted by atomic mass is 32.2. The fourth-order valence-corrected chi connectivity index (χ4v) is 4.63. The Balaban J connectivity index is 2.00. The number of aromatic nitrogens is 4. The monoisotopic (exact) mass is 307 g/mol. The van der Waals surface area contributed by atoms with Crippen LogP contribution >= 0.6 is 0 Å². The van der Waals surface area contributed by atoms with Crippen molar-refractivity contribution in [2.75, 3.05) is 6.54 Å². The van der Waals surface area contributed by atoms with Gasteiger partial charge in [0.2, 0.25) is 10.0 Å². The first-order valence-corrected chi connectivity index (χ1v) is 8.22. The summed E-state index contributed by atoms with van der Waals surface area (Å²) in [6, 6.07) is -0.247. The maximum atomic E-state index is 12.9. The summed E-state index contributed by atoms with van der Waals surface area (Å²) >= 11 is 0. The van der Waals surface area contributed by atoms with E-state index < -0.39 is 10.0 Å². The van der Waals surface area contributed by atoms with Gasteiger partial charge in [0.05, 0.1) is 23.6 Å². The van der Waals surface area contributed by atoms with E-state index in [9.17, 15) is 8.42 Å². The minimum absolute atomic E-state index is 0.247. The molecular formula is C13H17N5O2S.